The average molecular weight is 463 g/mol. The molecule has 168 valence electrons. The average Bonchev–Trinajstić information content (AvgIpc) is 3.05. The Kier molecular flexibility index (Phi) is 6.20. The number of halogens is 1. The highest BCUT2D eigenvalue weighted by atomic mass is 35.5. The number of rotatable bonds is 5. The predicted octanol–water partition coefficient (Wildman–Crippen LogP) is 5.46. The van der Waals surface area contributed by atoms with Crippen LogP contribution in [-0.4, -0.2) is 27.9 Å². The largest absolute Gasteiger partial charge is 0.507 e. The van der Waals surface area contributed by atoms with Crippen LogP contribution in [-0.2, 0) is 9.59 Å². The number of amides is 1. The van der Waals surface area contributed by atoms with Gasteiger partial charge < -0.3 is 9.84 Å². The van der Waals surface area contributed by atoms with Crippen molar-refractivity contribution >= 4 is 34.7 Å². The van der Waals surface area contributed by atoms with Crippen molar-refractivity contribution in [1.82, 2.24) is 4.98 Å². The molecule has 1 aliphatic rings. The quantitative estimate of drug-likeness (QED) is 0.309. The molecule has 7 heteroatoms. The van der Waals surface area contributed by atoms with Crippen molar-refractivity contribution in [2.45, 2.75) is 32.9 Å². The van der Waals surface area contributed by atoms with E-state index in [0.717, 1.165) is 5.56 Å². The molecule has 0 radical (unpaired) electrons. The van der Waals surface area contributed by atoms with E-state index in [1.165, 1.54) is 4.90 Å². The summed E-state index contributed by atoms with van der Waals surface area (Å²) in [5.74, 6) is -1.07. The van der Waals surface area contributed by atoms with Gasteiger partial charge in [0, 0.05) is 28.7 Å². The molecule has 2 heterocycles. The Labute approximate surface area is 197 Å². The number of anilines is 1. The molecule has 6 nitrogen and oxygen atoms in total. The zero-order valence-electron chi connectivity index (χ0n) is 18.4. The van der Waals surface area contributed by atoms with E-state index in [4.69, 9.17) is 16.3 Å². The fourth-order valence-corrected chi connectivity index (χ4v) is 4.11. The van der Waals surface area contributed by atoms with Crippen molar-refractivity contribution in [3.63, 3.8) is 0 Å². The number of pyridine rings is 1. The van der Waals surface area contributed by atoms with E-state index in [1.807, 2.05) is 20.8 Å². The van der Waals surface area contributed by atoms with Crippen LogP contribution in [0.4, 0.5) is 5.69 Å². The number of carbonyl (C=O) groups is 2. The van der Waals surface area contributed by atoms with Gasteiger partial charge in [-0.05, 0) is 80.4 Å². The number of ether oxygens (including phenoxy) is 1. The fraction of sp³-hybridized carbons (Fsp3) is 0.192. The number of hydrogen-bond acceptors (Lipinski definition) is 5. The van der Waals surface area contributed by atoms with Crippen LogP contribution in [0.1, 0.15) is 36.6 Å². The third kappa shape index (κ3) is 4.34. The molecule has 1 saturated heterocycles. The summed E-state index contributed by atoms with van der Waals surface area (Å²) in [7, 11) is 0. The number of benzene rings is 2. The van der Waals surface area contributed by atoms with Gasteiger partial charge in [-0.25, -0.2) is 0 Å². The molecule has 1 N–H and O–H groups in total. The van der Waals surface area contributed by atoms with Gasteiger partial charge >= 0.3 is 0 Å². The van der Waals surface area contributed by atoms with E-state index >= 15 is 0 Å². The van der Waals surface area contributed by atoms with Crippen LogP contribution >= 0.6 is 11.6 Å². The molecule has 33 heavy (non-hydrogen) atoms. The molecule has 0 saturated carbocycles. The summed E-state index contributed by atoms with van der Waals surface area (Å²) in [6, 6.07) is 14.5. The summed E-state index contributed by atoms with van der Waals surface area (Å²) < 4.78 is 5.77. The minimum atomic E-state index is -0.835. The van der Waals surface area contributed by atoms with Gasteiger partial charge in [-0.3, -0.25) is 19.5 Å². The van der Waals surface area contributed by atoms with Gasteiger partial charge in [-0.1, -0.05) is 17.7 Å². The lowest BCUT2D eigenvalue weighted by atomic mass is 9.95. The summed E-state index contributed by atoms with van der Waals surface area (Å²) in [5, 5.41) is 11.7. The van der Waals surface area contributed by atoms with Crippen LogP contribution < -0.4 is 9.64 Å². The molecule has 1 amide bonds. The van der Waals surface area contributed by atoms with Crippen LogP contribution in [0.15, 0.2) is 72.6 Å². The van der Waals surface area contributed by atoms with Crippen molar-refractivity contribution in [2.75, 3.05) is 4.90 Å². The topological polar surface area (TPSA) is 79.7 Å². The second-order valence-corrected chi connectivity index (χ2v) is 8.51. The number of aliphatic hydroxyl groups excluding tert-OH is 1. The fourth-order valence-electron chi connectivity index (χ4n) is 3.92. The van der Waals surface area contributed by atoms with E-state index in [-0.39, 0.29) is 17.4 Å². The summed E-state index contributed by atoms with van der Waals surface area (Å²) in [6.45, 7) is 5.72. The zero-order chi connectivity index (χ0) is 23.7. The van der Waals surface area contributed by atoms with Crippen LogP contribution in [0.3, 0.4) is 0 Å². The maximum absolute atomic E-state index is 13.2. The highest BCUT2D eigenvalue weighted by Crippen LogP contribution is 2.42. The Morgan fingerprint density at radius 2 is 1.82 bits per heavy atom. The lowest BCUT2D eigenvalue weighted by molar-refractivity contribution is -0.132. The van der Waals surface area contributed by atoms with Crippen LogP contribution in [0.5, 0.6) is 5.75 Å². The summed E-state index contributed by atoms with van der Waals surface area (Å²) in [6.07, 6.45) is 3.16. The highest BCUT2D eigenvalue weighted by molar-refractivity contribution is 6.51. The first-order chi connectivity index (χ1) is 15.8. The van der Waals surface area contributed by atoms with Gasteiger partial charge in [0.15, 0.2) is 0 Å². The molecule has 1 aromatic heterocycles. The second-order valence-electron chi connectivity index (χ2n) is 8.08. The number of Topliss-reactive ketones (excluding diaryl/α,β-unsaturated/α-hetero) is 1. The summed E-state index contributed by atoms with van der Waals surface area (Å²) >= 11 is 6.16. The first-order valence-corrected chi connectivity index (χ1v) is 10.9. The molecule has 1 atom stereocenters. The van der Waals surface area contributed by atoms with Gasteiger partial charge in [0.05, 0.1) is 17.7 Å². The molecule has 1 unspecified atom stereocenters. The van der Waals surface area contributed by atoms with Crippen LogP contribution in [0, 0.1) is 6.92 Å². The van der Waals surface area contributed by atoms with Gasteiger partial charge in [0.2, 0.25) is 0 Å². The molecule has 0 aliphatic carbocycles. The molecule has 4 rings (SSSR count). The third-order valence-corrected chi connectivity index (χ3v) is 5.60. The number of hydrogen-bond donors (Lipinski definition) is 1. The minimum absolute atomic E-state index is 0.00198. The molecule has 1 fully saturated rings. The van der Waals surface area contributed by atoms with Gasteiger partial charge in [0.25, 0.3) is 11.7 Å². The SMILES string of the molecule is Cc1cc(/C(O)=C2/C(=O)C(=O)N(c3cccc(Cl)c3)C2c2ccncc2)ccc1OC(C)C. The van der Waals surface area contributed by atoms with Crippen molar-refractivity contribution in [2.24, 2.45) is 0 Å². The first kappa shape index (κ1) is 22.6. The van der Waals surface area contributed by atoms with Crippen molar-refractivity contribution < 1.29 is 19.4 Å². The normalized spacial score (nSPS) is 17.6. The Hall–Kier alpha value is -3.64. The lowest BCUT2D eigenvalue weighted by Crippen LogP contribution is -2.29. The van der Waals surface area contributed by atoms with E-state index < -0.39 is 17.7 Å². The van der Waals surface area contributed by atoms with Gasteiger partial charge in [0.1, 0.15) is 11.5 Å². The number of aryl methyl sites for hydroxylation is 1. The van der Waals surface area contributed by atoms with E-state index in [1.54, 1.807) is 67.0 Å². The number of ketones is 1. The summed E-state index contributed by atoms with van der Waals surface area (Å²) in [5.41, 5.74) is 2.33. The van der Waals surface area contributed by atoms with E-state index in [0.29, 0.717) is 27.6 Å². The summed E-state index contributed by atoms with van der Waals surface area (Å²) in [4.78, 5) is 31.7. The second kappa shape index (κ2) is 9.08. The molecule has 3 aromatic rings. The molecule has 0 spiro atoms. The number of carbonyl (C=O) groups excluding carboxylic acids is 2. The molecule has 2 aromatic carbocycles. The third-order valence-electron chi connectivity index (χ3n) is 5.36. The monoisotopic (exact) mass is 462 g/mol. The van der Waals surface area contributed by atoms with Crippen molar-refractivity contribution in [1.29, 1.82) is 0 Å². The van der Waals surface area contributed by atoms with E-state index in [2.05, 4.69) is 4.98 Å². The smallest absolute Gasteiger partial charge is 0.300 e. The Morgan fingerprint density at radius 1 is 1.09 bits per heavy atom. The number of nitrogens with zero attached hydrogens (tertiary/aromatic N) is 2. The van der Waals surface area contributed by atoms with E-state index in [9.17, 15) is 14.7 Å². The Bertz CT molecular complexity index is 1250. The van der Waals surface area contributed by atoms with Crippen LogP contribution in [0.25, 0.3) is 5.76 Å². The Balaban J connectivity index is 1.88. The molecular formula is C26H23ClN2O4. The lowest BCUT2D eigenvalue weighted by Gasteiger charge is -2.25. The zero-order valence-corrected chi connectivity index (χ0v) is 19.2. The minimum Gasteiger partial charge on any atom is -0.507 e. The highest BCUT2D eigenvalue weighted by Gasteiger charge is 2.47. The number of aromatic nitrogens is 1. The van der Waals surface area contributed by atoms with Gasteiger partial charge in [-0.15, -0.1) is 0 Å². The first-order valence-electron chi connectivity index (χ1n) is 10.5. The molecular weight excluding hydrogens is 440 g/mol. The van der Waals surface area contributed by atoms with Crippen LogP contribution in [0.2, 0.25) is 5.02 Å². The standard InChI is InChI=1S/C26H23ClN2O4/c1-15(2)33-21-8-7-18(13-16(21)3)24(30)22-23(17-9-11-28-12-10-17)29(26(32)25(22)31)20-6-4-5-19(27)14-20/h4-15,23,30H,1-3H3/b24-22-. The van der Waals surface area contributed by atoms with Crippen molar-refractivity contribution in [3.8, 4) is 5.75 Å². The maximum atomic E-state index is 13.2. The predicted molar refractivity (Wildman–Crippen MR) is 127 cm³/mol. The number of aliphatic hydroxyl groups is 1. The maximum Gasteiger partial charge on any atom is 0.300 e. The Morgan fingerprint density at radius 3 is 2.45 bits per heavy atom. The molecule has 0 bridgehead atoms. The molecule has 1 aliphatic heterocycles. The van der Waals surface area contributed by atoms with Crippen molar-refractivity contribution in [3.05, 3.63) is 94.3 Å². The van der Waals surface area contributed by atoms with Gasteiger partial charge in [-0.2, -0.15) is 0 Å².